The summed E-state index contributed by atoms with van der Waals surface area (Å²) in [6, 6.07) is 2.95. The molecule has 2 N–H and O–H groups in total. The minimum atomic E-state index is -2.98. The van der Waals surface area contributed by atoms with Gasteiger partial charge < -0.3 is 14.9 Å². The number of aliphatic imine (C=N–C) groups is 1. The summed E-state index contributed by atoms with van der Waals surface area (Å²) in [6.07, 6.45) is -6.15. The second kappa shape index (κ2) is 7.80. The average molecular weight is 417 g/mol. The summed E-state index contributed by atoms with van der Waals surface area (Å²) in [4.78, 5) is 19.5. The first-order valence-corrected chi connectivity index (χ1v) is 8.43. The Morgan fingerprint density at radius 2 is 2.10 bits per heavy atom. The number of amidine groups is 1. The van der Waals surface area contributed by atoms with E-state index in [2.05, 4.69) is 14.4 Å². The second-order valence-electron chi connectivity index (χ2n) is 6.60. The number of hydrogen-bond acceptors (Lipinski definition) is 6. The molecule has 0 amide bonds. The third-order valence-electron chi connectivity index (χ3n) is 4.57. The highest BCUT2D eigenvalue weighted by Gasteiger charge is 2.48. The van der Waals surface area contributed by atoms with Gasteiger partial charge in [0, 0.05) is 12.0 Å². The largest absolute Gasteiger partial charge is 0.456 e. The SMILES string of the molecule is C[C@]1(c2cc(CC(=O)c3coc(C(F)F)n3)ccc2F)N=C(N)O[C@H](CF)[C@@H]1F. The van der Waals surface area contributed by atoms with Crippen LogP contribution in [-0.4, -0.2) is 35.7 Å². The number of nitrogens with zero attached hydrogens (tertiary/aromatic N) is 2. The Morgan fingerprint density at radius 1 is 1.38 bits per heavy atom. The van der Waals surface area contributed by atoms with Crippen molar-refractivity contribution in [1.82, 2.24) is 4.98 Å². The molecule has 1 aliphatic heterocycles. The van der Waals surface area contributed by atoms with E-state index in [4.69, 9.17) is 10.5 Å². The molecule has 0 spiro atoms. The van der Waals surface area contributed by atoms with Crippen molar-refractivity contribution in [3.63, 3.8) is 0 Å². The quantitative estimate of drug-likeness (QED) is 0.575. The van der Waals surface area contributed by atoms with E-state index in [0.717, 1.165) is 12.3 Å². The maximum absolute atomic E-state index is 14.8. The number of benzene rings is 1. The fourth-order valence-electron chi connectivity index (χ4n) is 3.07. The summed E-state index contributed by atoms with van der Waals surface area (Å²) in [5, 5.41) is 0. The third kappa shape index (κ3) is 3.94. The molecule has 1 aromatic heterocycles. The Hall–Kier alpha value is -2.98. The van der Waals surface area contributed by atoms with Crippen molar-refractivity contribution in [2.75, 3.05) is 6.67 Å². The molecule has 0 saturated heterocycles. The Morgan fingerprint density at radius 3 is 2.72 bits per heavy atom. The van der Waals surface area contributed by atoms with E-state index >= 15 is 0 Å². The smallest absolute Gasteiger partial charge is 0.313 e. The van der Waals surface area contributed by atoms with E-state index in [1.165, 1.54) is 19.1 Å². The van der Waals surface area contributed by atoms with Crippen LogP contribution in [0.2, 0.25) is 0 Å². The zero-order valence-electron chi connectivity index (χ0n) is 15.0. The maximum atomic E-state index is 14.8. The van der Waals surface area contributed by atoms with E-state index in [1.807, 2.05) is 0 Å². The molecule has 3 rings (SSSR count). The highest BCUT2D eigenvalue weighted by Crippen LogP contribution is 2.39. The molecule has 6 nitrogen and oxygen atoms in total. The van der Waals surface area contributed by atoms with Gasteiger partial charge in [0.15, 0.2) is 18.1 Å². The molecule has 0 radical (unpaired) electrons. The molecule has 1 aliphatic rings. The topological polar surface area (TPSA) is 90.7 Å². The van der Waals surface area contributed by atoms with Gasteiger partial charge in [0.1, 0.15) is 30.0 Å². The van der Waals surface area contributed by atoms with Crippen LogP contribution in [0.1, 0.15) is 40.9 Å². The molecule has 0 unspecified atom stereocenters. The first-order valence-electron chi connectivity index (χ1n) is 8.43. The Kier molecular flexibility index (Phi) is 5.58. The van der Waals surface area contributed by atoms with Crippen molar-refractivity contribution >= 4 is 11.8 Å². The van der Waals surface area contributed by atoms with Crippen molar-refractivity contribution in [3.05, 3.63) is 53.0 Å². The molecular formula is C18H16F5N3O3. The molecule has 0 bridgehead atoms. The number of ether oxygens (including phenoxy) is 1. The Balaban J connectivity index is 1.91. The van der Waals surface area contributed by atoms with Crippen LogP contribution in [0.4, 0.5) is 22.0 Å². The normalized spacial score (nSPS) is 24.3. The lowest BCUT2D eigenvalue weighted by Crippen LogP contribution is -2.50. The number of oxazole rings is 1. The van der Waals surface area contributed by atoms with Crippen molar-refractivity contribution in [1.29, 1.82) is 0 Å². The van der Waals surface area contributed by atoms with Gasteiger partial charge in [-0.05, 0) is 24.6 Å². The average Bonchev–Trinajstić information content (AvgIpc) is 3.17. The van der Waals surface area contributed by atoms with Gasteiger partial charge >= 0.3 is 6.43 Å². The minimum absolute atomic E-state index is 0.235. The molecular weight excluding hydrogens is 401 g/mol. The summed E-state index contributed by atoms with van der Waals surface area (Å²) in [5.41, 5.74) is 3.25. The molecule has 3 atom stereocenters. The number of rotatable bonds is 6. The van der Waals surface area contributed by atoms with Crippen molar-refractivity contribution < 1.29 is 35.9 Å². The zero-order valence-corrected chi connectivity index (χ0v) is 15.0. The number of halogens is 5. The summed E-state index contributed by atoms with van der Waals surface area (Å²) in [5.74, 6) is -2.41. The van der Waals surface area contributed by atoms with Gasteiger partial charge in [-0.15, -0.1) is 0 Å². The highest BCUT2D eigenvalue weighted by molar-refractivity contribution is 5.95. The van der Waals surface area contributed by atoms with Crippen LogP contribution in [0.3, 0.4) is 0 Å². The van der Waals surface area contributed by atoms with Crippen molar-refractivity contribution in [3.8, 4) is 0 Å². The second-order valence-corrected chi connectivity index (χ2v) is 6.60. The first-order chi connectivity index (χ1) is 13.7. The maximum Gasteiger partial charge on any atom is 0.313 e. The van der Waals surface area contributed by atoms with Crippen LogP contribution in [0.25, 0.3) is 0 Å². The van der Waals surface area contributed by atoms with Crippen LogP contribution < -0.4 is 5.73 Å². The Bertz CT molecular complexity index is 949. The number of ketones is 1. The molecule has 1 aromatic carbocycles. The lowest BCUT2D eigenvalue weighted by atomic mass is 9.83. The van der Waals surface area contributed by atoms with Crippen molar-refractivity contribution in [2.24, 2.45) is 10.7 Å². The van der Waals surface area contributed by atoms with Gasteiger partial charge in [0.05, 0.1) is 0 Å². The van der Waals surface area contributed by atoms with Crippen LogP contribution in [0.5, 0.6) is 0 Å². The molecule has 156 valence electrons. The molecule has 2 aromatic rings. The molecule has 0 aliphatic carbocycles. The lowest BCUT2D eigenvalue weighted by molar-refractivity contribution is 0.00449. The molecule has 29 heavy (non-hydrogen) atoms. The number of nitrogens with two attached hydrogens (primary N) is 1. The van der Waals surface area contributed by atoms with Gasteiger partial charge in [-0.25, -0.2) is 23.1 Å². The summed E-state index contributed by atoms with van der Waals surface area (Å²) in [6.45, 7) is 0.0255. The van der Waals surface area contributed by atoms with Crippen molar-refractivity contribution in [2.45, 2.75) is 37.6 Å². The van der Waals surface area contributed by atoms with Gasteiger partial charge in [-0.2, -0.15) is 8.78 Å². The lowest BCUT2D eigenvalue weighted by Gasteiger charge is -2.37. The third-order valence-corrected chi connectivity index (χ3v) is 4.57. The number of hydrogen-bond donors (Lipinski definition) is 1. The molecule has 0 saturated carbocycles. The van der Waals surface area contributed by atoms with Gasteiger partial charge in [-0.1, -0.05) is 6.07 Å². The van der Waals surface area contributed by atoms with E-state index in [-0.39, 0.29) is 23.2 Å². The number of carbonyl (C=O) groups excluding carboxylic acids is 1. The monoisotopic (exact) mass is 417 g/mol. The van der Waals surface area contributed by atoms with E-state index in [9.17, 15) is 26.7 Å². The number of alkyl halides is 4. The summed E-state index contributed by atoms with van der Waals surface area (Å²) >= 11 is 0. The number of Topliss-reactive ketones (excluding diaryl/α,β-unsaturated/α-hetero) is 1. The fraction of sp³-hybridized carbons (Fsp3) is 0.389. The Labute approximate surface area is 161 Å². The van der Waals surface area contributed by atoms with E-state index in [0.29, 0.717) is 0 Å². The van der Waals surface area contributed by atoms with Crippen LogP contribution in [-0.2, 0) is 16.7 Å². The fourth-order valence-corrected chi connectivity index (χ4v) is 3.07. The predicted octanol–water partition coefficient (Wildman–Crippen LogP) is 3.41. The van der Waals surface area contributed by atoms with Crippen LogP contribution >= 0.6 is 0 Å². The standard InChI is InChI=1S/C18H16F5N3O3/c1-18(14(21)13(6-19)29-17(24)26-18)9-4-8(2-3-10(9)20)5-12(27)11-7-28-16(25-11)15(22)23/h2-4,7,13-15H,5-6H2,1H3,(H2,24,26)/t13-,14+,18-/m1/s1. The van der Waals surface area contributed by atoms with Gasteiger partial charge in [0.25, 0.3) is 11.9 Å². The number of aromatic nitrogens is 1. The molecule has 2 heterocycles. The first kappa shape index (κ1) is 20.7. The summed E-state index contributed by atoms with van der Waals surface area (Å²) < 4.78 is 76.8. The van der Waals surface area contributed by atoms with Gasteiger partial charge in [-0.3, -0.25) is 4.79 Å². The van der Waals surface area contributed by atoms with Crippen LogP contribution in [0.15, 0.2) is 33.9 Å². The highest BCUT2D eigenvalue weighted by atomic mass is 19.3. The van der Waals surface area contributed by atoms with E-state index < -0.39 is 54.4 Å². The predicted molar refractivity (Wildman–Crippen MR) is 90.6 cm³/mol. The molecule has 0 fully saturated rings. The molecule has 11 heteroatoms. The minimum Gasteiger partial charge on any atom is -0.456 e. The van der Waals surface area contributed by atoms with E-state index in [1.54, 1.807) is 0 Å². The van der Waals surface area contributed by atoms with Crippen LogP contribution in [0, 0.1) is 5.82 Å². The van der Waals surface area contributed by atoms with Gasteiger partial charge in [0.2, 0.25) is 0 Å². The summed E-state index contributed by atoms with van der Waals surface area (Å²) in [7, 11) is 0. The number of carbonyl (C=O) groups is 1. The zero-order chi connectivity index (χ0) is 21.3.